The number of sulfonamides is 1. The second kappa shape index (κ2) is 8.24. The van der Waals surface area contributed by atoms with E-state index in [0.717, 1.165) is 0 Å². The third-order valence-corrected chi connectivity index (χ3v) is 6.21. The second-order valence-corrected chi connectivity index (χ2v) is 8.96. The van der Waals surface area contributed by atoms with Crippen LogP contribution in [0.1, 0.15) is 5.56 Å². The lowest BCUT2D eigenvalue weighted by Gasteiger charge is -2.07. The lowest BCUT2D eigenvalue weighted by Crippen LogP contribution is -2.78. The highest BCUT2D eigenvalue weighted by Crippen LogP contribution is 2.35. The topological polar surface area (TPSA) is 80.4 Å². The van der Waals surface area contributed by atoms with Gasteiger partial charge >= 0.3 is 10.0 Å². The summed E-state index contributed by atoms with van der Waals surface area (Å²) in [4.78, 5) is 0.160. The van der Waals surface area contributed by atoms with Gasteiger partial charge in [-0.05, 0) is 56.1 Å². The number of hydrogen-bond donors (Lipinski definition) is 3. The summed E-state index contributed by atoms with van der Waals surface area (Å²) in [6, 6.07) is 20.5. The van der Waals surface area contributed by atoms with Gasteiger partial charge in [-0.15, -0.1) is 0 Å². The molecule has 0 aliphatic carbocycles. The monoisotopic (exact) mass is 509 g/mol. The number of nitrogens with one attached hydrogen (secondary N) is 2. The number of halogens is 2. The lowest BCUT2D eigenvalue weighted by atomic mass is 10.2. The molecule has 0 atom stereocenters. The summed E-state index contributed by atoms with van der Waals surface area (Å²) < 4.78 is 29.1. The fourth-order valence-corrected chi connectivity index (χ4v) is 4.59. The molecular formula is C19H15Br2N2O3S+. The summed E-state index contributed by atoms with van der Waals surface area (Å²) in [7, 11) is -3.78. The number of phenols is 1. The second-order valence-electron chi connectivity index (χ2n) is 5.57. The van der Waals surface area contributed by atoms with E-state index in [0.29, 0.717) is 26.0 Å². The molecule has 138 valence electrons. The number of aromatic hydroxyl groups is 1. The van der Waals surface area contributed by atoms with Crippen molar-refractivity contribution in [3.63, 3.8) is 0 Å². The lowest BCUT2D eigenvalue weighted by molar-refractivity contribution is -0.266. The van der Waals surface area contributed by atoms with Gasteiger partial charge in [0.2, 0.25) is 0 Å². The van der Waals surface area contributed by atoms with Crippen LogP contribution in [0.2, 0.25) is 0 Å². The first-order valence-electron chi connectivity index (χ1n) is 7.82. The van der Waals surface area contributed by atoms with Crippen molar-refractivity contribution in [2.75, 3.05) is 5.32 Å². The zero-order chi connectivity index (χ0) is 19.4. The molecule has 0 unspecified atom stereocenters. The molecule has 3 N–H and O–H groups in total. The fourth-order valence-electron chi connectivity index (χ4n) is 2.34. The van der Waals surface area contributed by atoms with Gasteiger partial charge in [-0.3, -0.25) is 0 Å². The Bertz CT molecular complexity index is 1060. The minimum absolute atomic E-state index is 0.0617. The molecule has 3 aromatic carbocycles. The van der Waals surface area contributed by atoms with Gasteiger partial charge < -0.3 is 5.11 Å². The summed E-state index contributed by atoms with van der Waals surface area (Å²) in [5, 5.41) is 13.0. The molecule has 3 rings (SSSR count). The van der Waals surface area contributed by atoms with Crippen LogP contribution >= 0.6 is 31.9 Å². The highest BCUT2D eigenvalue weighted by molar-refractivity contribution is 9.11. The summed E-state index contributed by atoms with van der Waals surface area (Å²) in [5.74, 6) is 0.357. The smallest absolute Gasteiger partial charge is 0.328 e. The van der Waals surface area contributed by atoms with Gasteiger partial charge in [0, 0.05) is 12.1 Å². The number of anilines is 1. The Hall–Kier alpha value is -2.16. The molecule has 0 saturated carbocycles. The van der Waals surface area contributed by atoms with Gasteiger partial charge in [0.1, 0.15) is 16.3 Å². The maximum absolute atomic E-state index is 12.8. The molecule has 0 aliphatic rings. The average molecular weight is 511 g/mol. The van der Waals surface area contributed by atoms with E-state index in [2.05, 4.69) is 41.6 Å². The van der Waals surface area contributed by atoms with Gasteiger partial charge in [-0.2, -0.15) is 12.8 Å². The van der Waals surface area contributed by atoms with Gasteiger partial charge in [0.05, 0.1) is 14.5 Å². The Labute approximate surface area is 174 Å². The van der Waals surface area contributed by atoms with Crippen molar-refractivity contribution < 1.29 is 17.9 Å². The maximum Gasteiger partial charge on any atom is 0.328 e. The highest BCUT2D eigenvalue weighted by atomic mass is 79.9. The summed E-state index contributed by atoms with van der Waals surface area (Å²) in [6.45, 7) is 0. The summed E-state index contributed by atoms with van der Waals surface area (Å²) in [6.07, 6.45) is 0. The van der Waals surface area contributed by atoms with E-state index in [9.17, 15) is 13.5 Å². The van der Waals surface area contributed by atoms with Crippen LogP contribution in [-0.2, 0) is 10.0 Å². The molecule has 0 spiro atoms. The van der Waals surface area contributed by atoms with Crippen LogP contribution < -0.4 is 9.71 Å². The molecule has 0 fully saturated rings. The molecule has 0 bridgehead atoms. The van der Waals surface area contributed by atoms with Crippen molar-refractivity contribution in [3.05, 3.63) is 87.3 Å². The van der Waals surface area contributed by atoms with Crippen molar-refractivity contribution in [1.29, 1.82) is 0 Å². The molecule has 0 aliphatic heterocycles. The normalized spacial score (nSPS) is 12.0. The first-order valence-corrected chi connectivity index (χ1v) is 10.9. The minimum Gasteiger partial charge on any atom is -0.506 e. The quantitative estimate of drug-likeness (QED) is 0.286. The predicted molar refractivity (Wildman–Crippen MR) is 112 cm³/mol. The Morgan fingerprint density at radius 3 is 1.96 bits per heavy atom. The molecular weight excluding hydrogens is 496 g/mol. The zero-order valence-electron chi connectivity index (χ0n) is 13.9. The van der Waals surface area contributed by atoms with Crippen molar-refractivity contribution in [2.24, 2.45) is 0 Å². The molecule has 5 nitrogen and oxygen atoms in total. The maximum atomic E-state index is 12.8. The molecule has 8 heteroatoms. The van der Waals surface area contributed by atoms with Crippen LogP contribution in [0.5, 0.6) is 5.75 Å². The van der Waals surface area contributed by atoms with E-state index in [1.807, 2.05) is 18.2 Å². The van der Waals surface area contributed by atoms with Crippen molar-refractivity contribution >= 4 is 53.4 Å². The standard InChI is InChI=1S/C19H14Br2N2O3S/c20-16-11-14(12-17(21)18(16)24)22-19(13-7-3-1-4-8-13)23-27(25,26)15-9-5-2-6-10-15/h1-12,24H,(H,22,23)/p+1. The highest BCUT2D eigenvalue weighted by Gasteiger charge is 2.21. The van der Waals surface area contributed by atoms with Gasteiger partial charge in [0.15, 0.2) is 0 Å². The Morgan fingerprint density at radius 1 is 0.889 bits per heavy atom. The van der Waals surface area contributed by atoms with E-state index in [-0.39, 0.29) is 10.6 Å². The van der Waals surface area contributed by atoms with E-state index >= 15 is 0 Å². The van der Waals surface area contributed by atoms with Crippen LogP contribution in [-0.4, -0.2) is 19.4 Å². The third kappa shape index (κ3) is 4.77. The van der Waals surface area contributed by atoms with E-state index in [1.165, 1.54) is 12.1 Å². The van der Waals surface area contributed by atoms with E-state index < -0.39 is 10.0 Å². The number of phenolic OH excluding ortho intramolecular Hbond substituents is 1. The number of hydrogen-bond acceptors (Lipinski definition) is 3. The van der Waals surface area contributed by atoms with Crippen LogP contribution in [0.4, 0.5) is 5.69 Å². The average Bonchev–Trinajstić information content (AvgIpc) is 2.67. The Kier molecular flexibility index (Phi) is 5.98. The van der Waals surface area contributed by atoms with Crippen LogP contribution in [0, 0.1) is 0 Å². The molecule has 3 aromatic rings. The van der Waals surface area contributed by atoms with Crippen LogP contribution in [0.3, 0.4) is 0 Å². The minimum atomic E-state index is -3.78. The molecule has 0 saturated heterocycles. The Balaban J connectivity index is 2.08. The SMILES string of the molecule is O=S(=O)([NH+]=C(Nc1cc(Br)c(O)c(Br)c1)c1ccccc1)c1ccccc1. The van der Waals surface area contributed by atoms with Gasteiger partial charge in [-0.25, -0.2) is 5.32 Å². The molecule has 0 amide bonds. The Morgan fingerprint density at radius 2 is 1.41 bits per heavy atom. The van der Waals surface area contributed by atoms with E-state index in [4.69, 9.17) is 0 Å². The number of rotatable bonds is 4. The molecule has 0 heterocycles. The molecule has 0 radical (unpaired) electrons. The number of benzene rings is 3. The van der Waals surface area contributed by atoms with Crippen molar-refractivity contribution in [2.45, 2.75) is 4.90 Å². The number of amidine groups is 1. The first-order chi connectivity index (χ1) is 12.9. The van der Waals surface area contributed by atoms with Crippen molar-refractivity contribution in [3.8, 4) is 5.75 Å². The fraction of sp³-hybridized carbons (Fsp3) is 0. The summed E-state index contributed by atoms with van der Waals surface area (Å²) in [5.41, 5.74) is 1.25. The molecule has 0 aromatic heterocycles. The van der Waals surface area contributed by atoms with E-state index in [1.54, 1.807) is 42.5 Å². The van der Waals surface area contributed by atoms with Gasteiger partial charge in [-0.1, -0.05) is 36.4 Å². The van der Waals surface area contributed by atoms with Gasteiger partial charge in [0.25, 0.3) is 5.84 Å². The largest absolute Gasteiger partial charge is 0.506 e. The first kappa shape index (κ1) is 19.6. The van der Waals surface area contributed by atoms with Crippen LogP contribution in [0.15, 0.2) is 86.6 Å². The molecule has 27 heavy (non-hydrogen) atoms. The zero-order valence-corrected chi connectivity index (χ0v) is 17.8. The third-order valence-electron chi connectivity index (χ3n) is 3.64. The predicted octanol–water partition coefficient (Wildman–Crippen LogP) is 3.25. The summed E-state index contributed by atoms with van der Waals surface area (Å²) >= 11 is 6.55. The van der Waals surface area contributed by atoms with Crippen molar-refractivity contribution in [1.82, 2.24) is 0 Å². The van der Waals surface area contributed by atoms with Crippen LogP contribution in [0.25, 0.3) is 0 Å².